The van der Waals surface area contributed by atoms with Crippen LogP contribution in [-0.4, -0.2) is 67.3 Å². The molecule has 158 valence electrons. The van der Waals surface area contributed by atoms with Crippen molar-refractivity contribution in [1.82, 2.24) is 20.4 Å². The summed E-state index contributed by atoms with van der Waals surface area (Å²) in [6.07, 6.45) is 1.75. The molecule has 0 bridgehead atoms. The lowest BCUT2D eigenvalue weighted by molar-refractivity contribution is -0.135. The normalized spacial score (nSPS) is 15.2. The number of likely N-dealkylation sites (tertiary alicyclic amines) is 1. The molecule has 2 rings (SSSR count). The van der Waals surface area contributed by atoms with Crippen LogP contribution in [0.15, 0.2) is 22.5 Å². The van der Waals surface area contributed by atoms with E-state index in [2.05, 4.69) is 21.7 Å². The number of likely N-dealkylation sites (N-methyl/N-ethyl adjacent to an activating group) is 1. The summed E-state index contributed by atoms with van der Waals surface area (Å²) in [4.78, 5) is 33.1. The molecule has 0 unspecified atom stereocenters. The first-order valence-corrected chi connectivity index (χ1v) is 10.3. The zero-order valence-electron chi connectivity index (χ0n) is 17.1. The molecule has 9 heteroatoms. The summed E-state index contributed by atoms with van der Waals surface area (Å²) in [5, 5.41) is 8.79. The maximum Gasteiger partial charge on any atom is 0.243 e. The molecular formula is C19H32IN5O2S. The van der Waals surface area contributed by atoms with E-state index in [-0.39, 0.29) is 54.3 Å². The Labute approximate surface area is 189 Å². The number of nitrogens with zero attached hydrogens (tertiary/aromatic N) is 3. The molecule has 1 saturated heterocycles. The van der Waals surface area contributed by atoms with Gasteiger partial charge in [-0.05, 0) is 24.3 Å². The minimum Gasteiger partial charge on any atom is -0.354 e. The maximum absolute atomic E-state index is 12.1. The van der Waals surface area contributed by atoms with E-state index < -0.39 is 0 Å². The van der Waals surface area contributed by atoms with E-state index in [0.717, 1.165) is 25.9 Å². The van der Waals surface area contributed by atoms with E-state index in [1.807, 2.05) is 30.2 Å². The van der Waals surface area contributed by atoms with Gasteiger partial charge in [0, 0.05) is 44.0 Å². The largest absolute Gasteiger partial charge is 0.354 e. The molecule has 1 fully saturated rings. The number of hydrogen-bond acceptors (Lipinski definition) is 4. The maximum atomic E-state index is 12.1. The Morgan fingerprint density at radius 1 is 1.32 bits per heavy atom. The van der Waals surface area contributed by atoms with Crippen molar-refractivity contribution in [2.75, 3.05) is 33.7 Å². The lowest BCUT2D eigenvalue weighted by Crippen LogP contribution is -2.50. The third kappa shape index (κ3) is 7.94. The van der Waals surface area contributed by atoms with Gasteiger partial charge in [-0.15, -0.1) is 35.3 Å². The summed E-state index contributed by atoms with van der Waals surface area (Å²) in [6, 6.07) is 4.32. The lowest BCUT2D eigenvalue weighted by Gasteiger charge is -2.34. The zero-order valence-corrected chi connectivity index (χ0v) is 20.3. The molecule has 0 atom stereocenters. The topological polar surface area (TPSA) is 77.0 Å². The van der Waals surface area contributed by atoms with Crippen LogP contribution in [0.1, 0.15) is 31.6 Å². The van der Waals surface area contributed by atoms with Crippen LogP contribution in [0, 0.1) is 5.92 Å². The SMILES string of the molecule is CC(C)C(=O)N1CCC(NC(=NCC(=O)N(C)C)NCc2cccs2)CC1.I. The molecular weight excluding hydrogens is 489 g/mol. The van der Waals surface area contributed by atoms with Gasteiger partial charge in [0.25, 0.3) is 0 Å². The van der Waals surface area contributed by atoms with Gasteiger partial charge < -0.3 is 20.4 Å². The molecule has 0 saturated carbocycles. The standard InChI is InChI=1S/C19H31N5O2S.HI/c1-14(2)18(26)24-9-7-15(8-10-24)22-19(21-13-17(25)23(3)4)20-12-16-6-5-11-27-16;/h5-6,11,14-15H,7-10,12-13H2,1-4H3,(H2,20,21,22);1H. The first-order valence-electron chi connectivity index (χ1n) is 9.43. The fraction of sp³-hybridized carbons (Fsp3) is 0.632. The van der Waals surface area contributed by atoms with Crippen LogP contribution < -0.4 is 10.6 Å². The Hall–Kier alpha value is -1.36. The fourth-order valence-electron chi connectivity index (χ4n) is 2.83. The number of aliphatic imine (C=N–C) groups is 1. The fourth-order valence-corrected chi connectivity index (χ4v) is 3.47. The molecule has 0 spiro atoms. The average molecular weight is 521 g/mol. The number of halogens is 1. The number of guanidine groups is 1. The highest BCUT2D eigenvalue weighted by Gasteiger charge is 2.24. The summed E-state index contributed by atoms with van der Waals surface area (Å²) in [7, 11) is 3.46. The van der Waals surface area contributed by atoms with Crippen molar-refractivity contribution in [3.63, 3.8) is 0 Å². The molecule has 1 aliphatic heterocycles. The van der Waals surface area contributed by atoms with E-state index >= 15 is 0 Å². The molecule has 0 aliphatic carbocycles. The van der Waals surface area contributed by atoms with Gasteiger partial charge in [0.1, 0.15) is 6.54 Å². The van der Waals surface area contributed by atoms with Gasteiger partial charge in [-0.25, -0.2) is 4.99 Å². The average Bonchev–Trinajstić information content (AvgIpc) is 3.17. The summed E-state index contributed by atoms with van der Waals surface area (Å²) in [6.45, 7) is 6.16. The van der Waals surface area contributed by atoms with Gasteiger partial charge >= 0.3 is 0 Å². The molecule has 0 aromatic carbocycles. The minimum atomic E-state index is -0.0374. The van der Waals surface area contributed by atoms with Crippen LogP contribution in [0.3, 0.4) is 0 Å². The van der Waals surface area contributed by atoms with Crippen molar-refractivity contribution >= 4 is 53.1 Å². The molecule has 7 nitrogen and oxygen atoms in total. The van der Waals surface area contributed by atoms with Gasteiger partial charge in [0.2, 0.25) is 11.8 Å². The van der Waals surface area contributed by atoms with E-state index in [1.165, 1.54) is 9.78 Å². The van der Waals surface area contributed by atoms with Gasteiger partial charge in [0.15, 0.2) is 5.96 Å². The number of nitrogens with one attached hydrogen (secondary N) is 2. The van der Waals surface area contributed by atoms with Gasteiger partial charge in [-0.3, -0.25) is 9.59 Å². The highest BCUT2D eigenvalue weighted by molar-refractivity contribution is 14.0. The molecule has 2 heterocycles. The number of carbonyl (C=O) groups is 2. The first kappa shape index (κ1) is 24.7. The molecule has 1 aromatic heterocycles. The van der Waals surface area contributed by atoms with Crippen LogP contribution in [0.4, 0.5) is 0 Å². The third-order valence-electron chi connectivity index (χ3n) is 4.52. The smallest absolute Gasteiger partial charge is 0.243 e. The van der Waals surface area contributed by atoms with Crippen molar-refractivity contribution in [3.05, 3.63) is 22.4 Å². The lowest BCUT2D eigenvalue weighted by atomic mass is 10.0. The van der Waals surface area contributed by atoms with Gasteiger partial charge in [-0.2, -0.15) is 0 Å². The second kappa shape index (κ2) is 12.3. The third-order valence-corrected chi connectivity index (χ3v) is 5.40. The van der Waals surface area contributed by atoms with E-state index in [9.17, 15) is 9.59 Å². The predicted molar refractivity (Wildman–Crippen MR) is 125 cm³/mol. The van der Waals surface area contributed by atoms with Crippen molar-refractivity contribution < 1.29 is 9.59 Å². The highest BCUT2D eigenvalue weighted by Crippen LogP contribution is 2.13. The molecule has 2 N–H and O–H groups in total. The number of thiophene rings is 1. The number of piperidine rings is 1. The summed E-state index contributed by atoms with van der Waals surface area (Å²) in [5.41, 5.74) is 0. The predicted octanol–water partition coefficient (Wildman–Crippen LogP) is 2.14. The van der Waals surface area contributed by atoms with Gasteiger partial charge in [-0.1, -0.05) is 19.9 Å². The molecule has 28 heavy (non-hydrogen) atoms. The van der Waals surface area contributed by atoms with E-state index in [1.54, 1.807) is 25.4 Å². The Bertz CT molecular complexity index is 641. The van der Waals surface area contributed by atoms with Crippen LogP contribution >= 0.6 is 35.3 Å². The first-order chi connectivity index (χ1) is 12.9. The van der Waals surface area contributed by atoms with E-state index in [4.69, 9.17) is 0 Å². The second-order valence-electron chi connectivity index (χ2n) is 7.28. The second-order valence-corrected chi connectivity index (χ2v) is 8.32. The van der Waals surface area contributed by atoms with E-state index in [0.29, 0.717) is 12.5 Å². The summed E-state index contributed by atoms with van der Waals surface area (Å²) >= 11 is 1.68. The molecule has 1 aromatic rings. The Morgan fingerprint density at radius 3 is 2.54 bits per heavy atom. The van der Waals surface area contributed by atoms with Crippen LogP contribution in [-0.2, 0) is 16.1 Å². The van der Waals surface area contributed by atoms with Crippen molar-refractivity contribution in [1.29, 1.82) is 0 Å². The number of rotatable bonds is 6. The van der Waals surface area contributed by atoms with Crippen LogP contribution in [0.5, 0.6) is 0 Å². The van der Waals surface area contributed by atoms with Crippen LogP contribution in [0.25, 0.3) is 0 Å². The van der Waals surface area contributed by atoms with Crippen molar-refractivity contribution in [2.24, 2.45) is 10.9 Å². The van der Waals surface area contributed by atoms with Crippen LogP contribution in [0.2, 0.25) is 0 Å². The number of amides is 2. The van der Waals surface area contributed by atoms with Gasteiger partial charge in [0.05, 0.1) is 6.54 Å². The summed E-state index contributed by atoms with van der Waals surface area (Å²) < 4.78 is 0. The Kier molecular flexibility index (Phi) is 10.8. The van der Waals surface area contributed by atoms with Crippen molar-refractivity contribution in [2.45, 2.75) is 39.3 Å². The molecule has 1 aliphatic rings. The molecule has 2 amide bonds. The minimum absolute atomic E-state index is 0. The number of carbonyl (C=O) groups excluding carboxylic acids is 2. The van der Waals surface area contributed by atoms with Crippen molar-refractivity contribution in [3.8, 4) is 0 Å². The monoisotopic (exact) mass is 521 g/mol. The highest BCUT2D eigenvalue weighted by atomic mass is 127. The Morgan fingerprint density at radius 2 is 2.00 bits per heavy atom. The Balaban J connectivity index is 0.00000392. The number of hydrogen-bond donors (Lipinski definition) is 2. The quantitative estimate of drug-likeness (QED) is 0.342. The molecule has 0 radical (unpaired) electrons. The summed E-state index contributed by atoms with van der Waals surface area (Å²) in [5.74, 6) is 0.864. The zero-order chi connectivity index (χ0) is 19.8.